The fourth-order valence-corrected chi connectivity index (χ4v) is 3.22. The lowest BCUT2D eigenvalue weighted by Crippen LogP contribution is -2.43. The Morgan fingerprint density at radius 2 is 2.31 bits per heavy atom. The molecule has 2 fully saturated rings. The number of nitriles is 1. The van der Waals surface area contributed by atoms with E-state index in [0.717, 1.165) is 38.1 Å². The van der Waals surface area contributed by atoms with E-state index in [0.29, 0.717) is 5.92 Å². The molecule has 1 aliphatic carbocycles. The lowest BCUT2D eigenvalue weighted by molar-refractivity contribution is 0.270. The van der Waals surface area contributed by atoms with E-state index < -0.39 is 5.54 Å². The molecule has 0 aromatic carbocycles. The molecule has 0 radical (unpaired) electrons. The summed E-state index contributed by atoms with van der Waals surface area (Å²) < 4.78 is 0. The second-order valence-corrected chi connectivity index (χ2v) is 5.72. The summed E-state index contributed by atoms with van der Waals surface area (Å²) in [6.45, 7) is 5.92. The summed E-state index contributed by atoms with van der Waals surface area (Å²) in [5.74, 6) is 1.27. The molecule has 2 rings (SSSR count). The molecule has 1 saturated carbocycles. The van der Waals surface area contributed by atoms with Crippen LogP contribution in [0.3, 0.4) is 0 Å². The van der Waals surface area contributed by atoms with Crippen molar-refractivity contribution in [1.82, 2.24) is 4.90 Å². The largest absolute Gasteiger partial charge is 0.313 e. The van der Waals surface area contributed by atoms with Gasteiger partial charge in [0.25, 0.3) is 0 Å². The first-order valence-corrected chi connectivity index (χ1v) is 6.56. The van der Waals surface area contributed by atoms with E-state index in [1.54, 1.807) is 0 Å². The van der Waals surface area contributed by atoms with Crippen LogP contribution in [0.25, 0.3) is 0 Å². The lowest BCUT2D eigenvalue weighted by Gasteiger charge is -2.26. The van der Waals surface area contributed by atoms with Crippen molar-refractivity contribution in [2.75, 3.05) is 19.6 Å². The van der Waals surface area contributed by atoms with Gasteiger partial charge in [0.1, 0.15) is 5.54 Å². The Labute approximate surface area is 98.6 Å². The minimum absolute atomic E-state index is 0.424. The maximum absolute atomic E-state index is 9.14. The molecule has 3 atom stereocenters. The summed E-state index contributed by atoms with van der Waals surface area (Å²) >= 11 is 0. The molecular formula is C13H23N3. The van der Waals surface area contributed by atoms with Gasteiger partial charge in [-0.15, -0.1) is 0 Å². The Balaban J connectivity index is 1.80. The van der Waals surface area contributed by atoms with Crippen LogP contribution in [0.1, 0.15) is 39.0 Å². The highest BCUT2D eigenvalue weighted by atomic mass is 15.1. The van der Waals surface area contributed by atoms with Gasteiger partial charge in [-0.05, 0) is 50.6 Å². The van der Waals surface area contributed by atoms with E-state index in [2.05, 4.69) is 17.9 Å². The summed E-state index contributed by atoms with van der Waals surface area (Å²) in [6.07, 6.45) is 5.61. The number of likely N-dealkylation sites (tertiary alicyclic amines) is 1. The van der Waals surface area contributed by atoms with E-state index in [1.165, 1.54) is 19.5 Å². The van der Waals surface area contributed by atoms with Gasteiger partial charge >= 0.3 is 0 Å². The fourth-order valence-electron chi connectivity index (χ4n) is 3.22. The van der Waals surface area contributed by atoms with Crippen molar-refractivity contribution in [2.45, 2.75) is 44.6 Å². The monoisotopic (exact) mass is 221 g/mol. The van der Waals surface area contributed by atoms with E-state index in [4.69, 9.17) is 11.0 Å². The van der Waals surface area contributed by atoms with Gasteiger partial charge in [0.15, 0.2) is 0 Å². The van der Waals surface area contributed by atoms with Crippen LogP contribution in [0.4, 0.5) is 0 Å². The Bertz CT molecular complexity index is 283. The minimum Gasteiger partial charge on any atom is -0.313 e. The van der Waals surface area contributed by atoms with Gasteiger partial charge in [0, 0.05) is 6.54 Å². The lowest BCUT2D eigenvalue weighted by atomic mass is 9.87. The molecule has 1 saturated heterocycles. The molecule has 1 aliphatic heterocycles. The van der Waals surface area contributed by atoms with Gasteiger partial charge in [0.05, 0.1) is 6.07 Å². The fraction of sp³-hybridized carbons (Fsp3) is 0.923. The Morgan fingerprint density at radius 1 is 1.50 bits per heavy atom. The second-order valence-electron chi connectivity index (χ2n) is 5.72. The molecule has 1 heterocycles. The summed E-state index contributed by atoms with van der Waals surface area (Å²) in [6, 6.07) is 2.33. The third kappa shape index (κ3) is 2.39. The predicted octanol–water partition coefficient (Wildman–Crippen LogP) is 1.74. The molecule has 90 valence electrons. The summed E-state index contributed by atoms with van der Waals surface area (Å²) in [5.41, 5.74) is 5.61. The topological polar surface area (TPSA) is 53.0 Å². The minimum atomic E-state index is -0.522. The summed E-state index contributed by atoms with van der Waals surface area (Å²) in [5, 5.41) is 9.14. The second kappa shape index (κ2) is 4.73. The SMILES string of the molecule is CC1CCN(CCC2CCCC2(N)C#N)C1. The first-order chi connectivity index (χ1) is 7.64. The van der Waals surface area contributed by atoms with Crippen LogP contribution >= 0.6 is 0 Å². The quantitative estimate of drug-likeness (QED) is 0.789. The van der Waals surface area contributed by atoms with Gasteiger partial charge in [-0.25, -0.2) is 0 Å². The molecule has 2 aliphatic rings. The Morgan fingerprint density at radius 3 is 2.94 bits per heavy atom. The predicted molar refractivity (Wildman–Crippen MR) is 64.7 cm³/mol. The molecule has 0 amide bonds. The van der Waals surface area contributed by atoms with E-state index in [-0.39, 0.29) is 0 Å². The number of rotatable bonds is 3. The molecule has 0 spiro atoms. The van der Waals surface area contributed by atoms with Gasteiger partial charge in [0.2, 0.25) is 0 Å². The van der Waals surface area contributed by atoms with Crippen LogP contribution in [0.15, 0.2) is 0 Å². The van der Waals surface area contributed by atoms with Crippen molar-refractivity contribution in [3.05, 3.63) is 0 Å². The number of nitrogens with two attached hydrogens (primary N) is 1. The van der Waals surface area contributed by atoms with Crippen molar-refractivity contribution in [2.24, 2.45) is 17.6 Å². The van der Waals surface area contributed by atoms with Crippen LogP contribution in [0.2, 0.25) is 0 Å². The maximum atomic E-state index is 9.14. The Hall–Kier alpha value is -0.590. The van der Waals surface area contributed by atoms with Gasteiger partial charge in [-0.1, -0.05) is 13.3 Å². The highest BCUT2D eigenvalue weighted by Gasteiger charge is 2.39. The van der Waals surface area contributed by atoms with Crippen molar-refractivity contribution in [3.63, 3.8) is 0 Å². The molecule has 2 N–H and O–H groups in total. The van der Waals surface area contributed by atoms with Gasteiger partial charge in [-0.3, -0.25) is 0 Å². The first kappa shape index (κ1) is 11.9. The summed E-state index contributed by atoms with van der Waals surface area (Å²) in [7, 11) is 0. The summed E-state index contributed by atoms with van der Waals surface area (Å²) in [4.78, 5) is 2.53. The van der Waals surface area contributed by atoms with Gasteiger partial charge in [-0.2, -0.15) is 5.26 Å². The van der Waals surface area contributed by atoms with E-state index in [1.807, 2.05) is 0 Å². The van der Waals surface area contributed by atoms with Crippen molar-refractivity contribution in [3.8, 4) is 6.07 Å². The highest BCUT2D eigenvalue weighted by Crippen LogP contribution is 2.35. The molecule has 3 unspecified atom stereocenters. The smallest absolute Gasteiger partial charge is 0.107 e. The van der Waals surface area contributed by atoms with E-state index >= 15 is 0 Å². The standard InChI is InChI=1S/C13H23N3/c1-11-4-7-16(9-11)8-5-12-3-2-6-13(12,15)10-14/h11-12H,2-9,15H2,1H3. The normalized spacial score (nSPS) is 40.1. The van der Waals surface area contributed by atoms with Crippen LogP contribution in [0, 0.1) is 23.2 Å². The zero-order chi connectivity index (χ0) is 11.6. The molecule has 16 heavy (non-hydrogen) atoms. The molecule has 0 aromatic rings. The van der Waals surface area contributed by atoms with E-state index in [9.17, 15) is 0 Å². The number of nitrogens with zero attached hydrogens (tertiary/aromatic N) is 2. The van der Waals surface area contributed by atoms with Gasteiger partial charge < -0.3 is 10.6 Å². The average molecular weight is 221 g/mol. The van der Waals surface area contributed by atoms with Crippen LogP contribution < -0.4 is 5.73 Å². The molecule has 3 heteroatoms. The first-order valence-electron chi connectivity index (χ1n) is 6.56. The number of hydrogen-bond acceptors (Lipinski definition) is 3. The molecule has 0 bridgehead atoms. The zero-order valence-electron chi connectivity index (χ0n) is 10.3. The zero-order valence-corrected chi connectivity index (χ0v) is 10.3. The maximum Gasteiger partial charge on any atom is 0.107 e. The number of hydrogen-bond donors (Lipinski definition) is 1. The van der Waals surface area contributed by atoms with Crippen LogP contribution in [-0.4, -0.2) is 30.1 Å². The molecular weight excluding hydrogens is 198 g/mol. The van der Waals surface area contributed by atoms with Crippen LogP contribution in [-0.2, 0) is 0 Å². The molecule has 3 nitrogen and oxygen atoms in total. The van der Waals surface area contributed by atoms with Crippen molar-refractivity contribution < 1.29 is 0 Å². The molecule has 0 aromatic heterocycles. The van der Waals surface area contributed by atoms with Crippen molar-refractivity contribution >= 4 is 0 Å². The highest BCUT2D eigenvalue weighted by molar-refractivity contribution is 5.11. The third-order valence-electron chi connectivity index (χ3n) is 4.38. The average Bonchev–Trinajstić information content (AvgIpc) is 2.83. The Kier molecular flexibility index (Phi) is 3.51. The third-order valence-corrected chi connectivity index (χ3v) is 4.38. The van der Waals surface area contributed by atoms with Crippen molar-refractivity contribution in [1.29, 1.82) is 5.26 Å². The van der Waals surface area contributed by atoms with Crippen LogP contribution in [0.5, 0.6) is 0 Å².